The monoisotopic (exact) mass is 304 g/mol. The molecule has 1 amide bonds. The molecule has 1 aromatic heterocycles. The molecule has 0 unspecified atom stereocenters. The maximum atomic E-state index is 12.2. The summed E-state index contributed by atoms with van der Waals surface area (Å²) in [5.74, 6) is -0.353. The van der Waals surface area contributed by atoms with Gasteiger partial charge in [0.1, 0.15) is 4.90 Å². The van der Waals surface area contributed by atoms with Gasteiger partial charge in [0.2, 0.25) is 15.9 Å². The molecule has 0 saturated heterocycles. The van der Waals surface area contributed by atoms with Crippen molar-refractivity contribution >= 4 is 15.9 Å². The van der Waals surface area contributed by atoms with E-state index in [-0.39, 0.29) is 17.3 Å². The predicted molar refractivity (Wildman–Crippen MR) is 72.6 cm³/mol. The van der Waals surface area contributed by atoms with Crippen LogP contribution in [0.4, 0.5) is 0 Å². The summed E-state index contributed by atoms with van der Waals surface area (Å²) in [6.45, 7) is 2.37. The first kappa shape index (κ1) is 16.6. The minimum Gasteiger partial charge on any atom is -0.385 e. The molecule has 0 aliphatic heterocycles. The van der Waals surface area contributed by atoms with Crippen LogP contribution < -0.4 is 5.32 Å². The lowest BCUT2D eigenvalue weighted by Crippen LogP contribution is -2.38. The van der Waals surface area contributed by atoms with Gasteiger partial charge in [0.15, 0.2) is 0 Å². The van der Waals surface area contributed by atoms with Crippen LogP contribution in [-0.2, 0) is 19.6 Å². The molecule has 0 atom stereocenters. The number of nitrogens with one attached hydrogen (secondary N) is 2. The summed E-state index contributed by atoms with van der Waals surface area (Å²) in [7, 11) is -0.766. The van der Waals surface area contributed by atoms with E-state index in [0.717, 1.165) is 4.31 Å². The van der Waals surface area contributed by atoms with Crippen LogP contribution in [-0.4, -0.2) is 62.7 Å². The molecule has 114 valence electrons. The fraction of sp³-hybridized carbons (Fsp3) is 0.636. The Balaban J connectivity index is 2.56. The van der Waals surface area contributed by atoms with Crippen molar-refractivity contribution in [2.45, 2.75) is 18.2 Å². The molecule has 1 rings (SSSR count). The first-order valence-electron chi connectivity index (χ1n) is 6.11. The lowest BCUT2D eigenvalue weighted by Gasteiger charge is -2.16. The summed E-state index contributed by atoms with van der Waals surface area (Å²) in [4.78, 5) is 11.7. The largest absolute Gasteiger partial charge is 0.385 e. The highest BCUT2D eigenvalue weighted by Gasteiger charge is 2.25. The minimum absolute atomic E-state index is 0.0761. The molecular formula is C11H20N4O4S. The molecule has 9 heteroatoms. The number of H-pyrrole nitrogens is 1. The highest BCUT2D eigenvalue weighted by atomic mass is 32.2. The molecule has 0 aliphatic rings. The van der Waals surface area contributed by atoms with E-state index in [4.69, 9.17) is 4.74 Å². The summed E-state index contributed by atoms with van der Waals surface area (Å²) in [6, 6.07) is 0. The Bertz CT molecular complexity index is 540. The summed E-state index contributed by atoms with van der Waals surface area (Å²) < 4.78 is 30.2. The topological polar surface area (TPSA) is 104 Å². The molecule has 0 aromatic carbocycles. The van der Waals surface area contributed by atoms with Crippen LogP contribution in [0.5, 0.6) is 0 Å². The van der Waals surface area contributed by atoms with Crippen LogP contribution in [0.1, 0.15) is 12.1 Å². The molecular weight excluding hydrogens is 284 g/mol. The molecule has 2 N–H and O–H groups in total. The van der Waals surface area contributed by atoms with Crippen molar-refractivity contribution in [3.05, 3.63) is 11.9 Å². The van der Waals surface area contributed by atoms with Gasteiger partial charge in [-0.2, -0.15) is 9.40 Å². The van der Waals surface area contributed by atoms with E-state index in [1.165, 1.54) is 13.2 Å². The Labute approximate surface area is 118 Å². The number of likely N-dealkylation sites (N-methyl/N-ethyl adjacent to an activating group) is 1. The van der Waals surface area contributed by atoms with Crippen LogP contribution in [0.15, 0.2) is 11.1 Å². The fourth-order valence-corrected chi connectivity index (χ4v) is 2.80. The first-order valence-corrected chi connectivity index (χ1v) is 7.55. The Morgan fingerprint density at radius 2 is 2.25 bits per heavy atom. The van der Waals surface area contributed by atoms with Crippen LogP contribution in [0.3, 0.4) is 0 Å². The maximum absolute atomic E-state index is 12.2. The van der Waals surface area contributed by atoms with Crippen LogP contribution >= 0.6 is 0 Å². The quantitative estimate of drug-likeness (QED) is 0.630. The fourth-order valence-electron chi connectivity index (χ4n) is 1.56. The number of hydrogen-bond acceptors (Lipinski definition) is 5. The number of methoxy groups -OCH3 is 1. The number of aromatic nitrogens is 2. The zero-order valence-corrected chi connectivity index (χ0v) is 12.7. The smallest absolute Gasteiger partial charge is 0.246 e. The molecule has 0 fully saturated rings. The average molecular weight is 304 g/mol. The third-order valence-corrected chi connectivity index (χ3v) is 4.60. The SMILES string of the molecule is COCCCNC(=O)CN(C)S(=O)(=O)c1cn[nH]c1C. The van der Waals surface area contributed by atoms with Crippen molar-refractivity contribution in [3.63, 3.8) is 0 Å². The molecule has 1 aromatic rings. The van der Waals surface area contributed by atoms with Crippen molar-refractivity contribution in [2.24, 2.45) is 0 Å². The van der Waals surface area contributed by atoms with Gasteiger partial charge in [-0.15, -0.1) is 0 Å². The summed E-state index contributed by atoms with van der Waals surface area (Å²) >= 11 is 0. The van der Waals surface area contributed by atoms with Gasteiger partial charge >= 0.3 is 0 Å². The average Bonchev–Trinajstić information content (AvgIpc) is 2.81. The molecule has 0 bridgehead atoms. The van der Waals surface area contributed by atoms with Crippen LogP contribution in [0.25, 0.3) is 0 Å². The van der Waals surface area contributed by atoms with Crippen molar-refractivity contribution in [1.29, 1.82) is 0 Å². The Morgan fingerprint density at radius 1 is 1.55 bits per heavy atom. The van der Waals surface area contributed by atoms with E-state index in [0.29, 0.717) is 25.3 Å². The van der Waals surface area contributed by atoms with Gasteiger partial charge in [0, 0.05) is 27.3 Å². The highest BCUT2D eigenvalue weighted by Crippen LogP contribution is 2.15. The van der Waals surface area contributed by atoms with E-state index < -0.39 is 10.0 Å². The zero-order valence-electron chi connectivity index (χ0n) is 11.8. The van der Waals surface area contributed by atoms with E-state index in [1.54, 1.807) is 14.0 Å². The molecule has 1 heterocycles. The molecule has 8 nitrogen and oxygen atoms in total. The van der Waals surface area contributed by atoms with Gasteiger partial charge in [-0.25, -0.2) is 8.42 Å². The highest BCUT2D eigenvalue weighted by molar-refractivity contribution is 7.89. The number of aromatic amines is 1. The second-order valence-electron chi connectivity index (χ2n) is 4.32. The number of carbonyl (C=O) groups excluding carboxylic acids is 1. The first-order chi connectivity index (χ1) is 9.39. The second kappa shape index (κ2) is 7.36. The minimum atomic E-state index is -3.70. The number of hydrogen-bond donors (Lipinski definition) is 2. The van der Waals surface area contributed by atoms with E-state index in [2.05, 4.69) is 15.5 Å². The van der Waals surface area contributed by atoms with E-state index >= 15 is 0 Å². The van der Waals surface area contributed by atoms with Crippen molar-refractivity contribution in [1.82, 2.24) is 19.8 Å². The summed E-state index contributed by atoms with van der Waals surface area (Å²) in [5.41, 5.74) is 0.442. The molecule has 0 saturated carbocycles. The number of aryl methyl sites for hydroxylation is 1. The van der Waals surface area contributed by atoms with Crippen LogP contribution in [0.2, 0.25) is 0 Å². The van der Waals surface area contributed by atoms with Crippen molar-refractivity contribution in [2.75, 3.05) is 33.9 Å². The van der Waals surface area contributed by atoms with E-state index in [1.807, 2.05) is 0 Å². The number of nitrogens with zero attached hydrogens (tertiary/aromatic N) is 2. The van der Waals surface area contributed by atoms with E-state index in [9.17, 15) is 13.2 Å². The molecule has 0 spiro atoms. The van der Waals surface area contributed by atoms with Gasteiger partial charge in [0.05, 0.1) is 18.4 Å². The number of rotatable bonds is 8. The van der Waals surface area contributed by atoms with Gasteiger partial charge in [-0.3, -0.25) is 9.89 Å². The Morgan fingerprint density at radius 3 is 2.80 bits per heavy atom. The Hall–Kier alpha value is -1.45. The van der Waals surface area contributed by atoms with Crippen molar-refractivity contribution < 1.29 is 17.9 Å². The van der Waals surface area contributed by atoms with Crippen LogP contribution in [0, 0.1) is 6.92 Å². The maximum Gasteiger partial charge on any atom is 0.246 e. The van der Waals surface area contributed by atoms with Gasteiger partial charge in [-0.1, -0.05) is 0 Å². The standard InChI is InChI=1S/C11H20N4O4S/c1-9-10(7-13-14-9)20(17,18)15(2)8-11(16)12-5-4-6-19-3/h7H,4-6,8H2,1-3H3,(H,12,16)(H,13,14). The Kier molecular flexibility index (Phi) is 6.11. The number of sulfonamides is 1. The summed E-state index contributed by atoms with van der Waals surface area (Å²) in [5, 5.41) is 8.87. The lowest BCUT2D eigenvalue weighted by molar-refractivity contribution is -0.121. The predicted octanol–water partition coefficient (Wildman–Crippen LogP) is -0.509. The van der Waals surface area contributed by atoms with Gasteiger partial charge in [0.25, 0.3) is 0 Å². The number of amides is 1. The van der Waals surface area contributed by atoms with Gasteiger partial charge < -0.3 is 10.1 Å². The third-order valence-electron chi connectivity index (χ3n) is 2.69. The molecule has 20 heavy (non-hydrogen) atoms. The normalized spacial score (nSPS) is 11.8. The zero-order chi connectivity index (χ0) is 15.2. The number of ether oxygens (including phenoxy) is 1. The van der Waals surface area contributed by atoms with Crippen molar-refractivity contribution in [3.8, 4) is 0 Å². The second-order valence-corrected chi connectivity index (χ2v) is 6.33. The summed E-state index contributed by atoms with van der Waals surface area (Å²) in [6.07, 6.45) is 1.91. The number of carbonyl (C=O) groups is 1. The molecule has 0 radical (unpaired) electrons. The molecule has 0 aliphatic carbocycles. The van der Waals surface area contributed by atoms with Gasteiger partial charge in [-0.05, 0) is 13.3 Å². The lowest BCUT2D eigenvalue weighted by atomic mass is 10.4. The third kappa shape index (κ3) is 4.29.